The lowest BCUT2D eigenvalue weighted by atomic mass is 10.1. The fourth-order valence-corrected chi connectivity index (χ4v) is 1.75. The van der Waals surface area contributed by atoms with Gasteiger partial charge in [-0.2, -0.15) is 5.26 Å². The average molecular weight is 202 g/mol. The summed E-state index contributed by atoms with van der Waals surface area (Å²) >= 11 is 0. The number of nitrogens with zero attached hydrogens (tertiary/aromatic N) is 1. The smallest absolute Gasteiger partial charge is 0.0991 e. The van der Waals surface area contributed by atoms with Crippen LogP contribution in [-0.2, 0) is 4.74 Å². The summed E-state index contributed by atoms with van der Waals surface area (Å²) in [7, 11) is 0. The maximum atomic E-state index is 8.81. The molecule has 1 N–H and O–H groups in total. The molecule has 1 atom stereocenters. The predicted octanol–water partition coefficient (Wildman–Crippen LogP) is 1.61. The molecule has 1 aromatic carbocycles. The van der Waals surface area contributed by atoms with Crippen LogP contribution in [0.1, 0.15) is 23.6 Å². The molecule has 0 aliphatic carbocycles. The highest BCUT2D eigenvalue weighted by atomic mass is 16.5. The Morgan fingerprint density at radius 3 is 3.27 bits per heavy atom. The van der Waals surface area contributed by atoms with E-state index in [9.17, 15) is 0 Å². The zero-order chi connectivity index (χ0) is 10.5. The Hall–Kier alpha value is -1.37. The third-order valence-electron chi connectivity index (χ3n) is 2.56. The van der Waals surface area contributed by atoms with Crippen LogP contribution in [0.5, 0.6) is 0 Å². The summed E-state index contributed by atoms with van der Waals surface area (Å²) in [5, 5.41) is 12.2. The normalized spacial score (nSPS) is 21.7. The molecule has 0 saturated carbocycles. The molecule has 1 aromatic rings. The van der Waals surface area contributed by atoms with Crippen molar-refractivity contribution in [3.05, 3.63) is 35.4 Å². The minimum absolute atomic E-state index is 0.223. The first-order chi connectivity index (χ1) is 7.40. The number of nitrogens with one attached hydrogen (secondary N) is 1. The molecule has 3 nitrogen and oxygen atoms in total. The Balaban J connectivity index is 2.16. The summed E-state index contributed by atoms with van der Waals surface area (Å²) in [6, 6.07) is 10.1. The van der Waals surface area contributed by atoms with Crippen molar-refractivity contribution in [3.8, 4) is 6.07 Å². The standard InChI is InChI=1S/C12H14N2O/c13-8-10-3-1-4-11(7-10)12-9-15-6-2-5-14-12/h1,3-4,7,12,14H,2,5-6,9H2/t12-/m0/s1. The molecular weight excluding hydrogens is 188 g/mol. The van der Waals surface area contributed by atoms with Gasteiger partial charge in [-0.15, -0.1) is 0 Å². The highest BCUT2D eigenvalue weighted by Crippen LogP contribution is 2.16. The van der Waals surface area contributed by atoms with Crippen molar-refractivity contribution in [2.24, 2.45) is 0 Å². The lowest BCUT2D eigenvalue weighted by Crippen LogP contribution is -2.23. The second-order valence-electron chi connectivity index (χ2n) is 3.67. The summed E-state index contributed by atoms with van der Waals surface area (Å²) in [6.45, 7) is 2.48. The van der Waals surface area contributed by atoms with Gasteiger partial charge in [0.15, 0.2) is 0 Å². The number of hydrogen-bond donors (Lipinski definition) is 1. The molecule has 0 unspecified atom stereocenters. The van der Waals surface area contributed by atoms with Gasteiger partial charge in [-0.25, -0.2) is 0 Å². The molecule has 2 rings (SSSR count). The Morgan fingerprint density at radius 2 is 2.40 bits per heavy atom. The second-order valence-corrected chi connectivity index (χ2v) is 3.67. The van der Waals surface area contributed by atoms with Crippen LogP contribution < -0.4 is 5.32 Å². The Morgan fingerprint density at radius 1 is 1.47 bits per heavy atom. The van der Waals surface area contributed by atoms with Crippen LogP contribution in [0.3, 0.4) is 0 Å². The third kappa shape index (κ3) is 2.56. The molecule has 0 aromatic heterocycles. The number of rotatable bonds is 1. The van der Waals surface area contributed by atoms with E-state index in [1.165, 1.54) is 0 Å². The molecule has 1 heterocycles. The van der Waals surface area contributed by atoms with E-state index in [4.69, 9.17) is 10.00 Å². The van der Waals surface area contributed by atoms with Gasteiger partial charge >= 0.3 is 0 Å². The van der Waals surface area contributed by atoms with Crippen LogP contribution in [0.15, 0.2) is 24.3 Å². The molecule has 15 heavy (non-hydrogen) atoms. The minimum Gasteiger partial charge on any atom is -0.379 e. The maximum absolute atomic E-state index is 8.81. The van der Waals surface area contributed by atoms with E-state index in [1.54, 1.807) is 0 Å². The van der Waals surface area contributed by atoms with Gasteiger partial charge in [0.1, 0.15) is 0 Å². The van der Waals surface area contributed by atoms with Gasteiger partial charge in [0, 0.05) is 6.61 Å². The minimum atomic E-state index is 0.223. The third-order valence-corrected chi connectivity index (χ3v) is 2.56. The van der Waals surface area contributed by atoms with Crippen LogP contribution in [0.2, 0.25) is 0 Å². The average Bonchev–Trinajstić information content (AvgIpc) is 2.58. The SMILES string of the molecule is N#Cc1cccc([C@@H]2COCCCN2)c1. The van der Waals surface area contributed by atoms with E-state index in [0.29, 0.717) is 12.2 Å². The van der Waals surface area contributed by atoms with Crippen molar-refractivity contribution in [1.29, 1.82) is 5.26 Å². The number of nitriles is 1. The van der Waals surface area contributed by atoms with E-state index < -0.39 is 0 Å². The fourth-order valence-electron chi connectivity index (χ4n) is 1.75. The first-order valence-corrected chi connectivity index (χ1v) is 5.21. The Kier molecular flexibility index (Phi) is 3.33. The summed E-state index contributed by atoms with van der Waals surface area (Å²) in [6.07, 6.45) is 1.05. The fraction of sp³-hybridized carbons (Fsp3) is 0.417. The van der Waals surface area contributed by atoms with Gasteiger partial charge in [0.25, 0.3) is 0 Å². The van der Waals surface area contributed by atoms with Gasteiger partial charge in [-0.3, -0.25) is 0 Å². The number of benzene rings is 1. The Labute approximate surface area is 89.7 Å². The summed E-state index contributed by atoms with van der Waals surface area (Å²) < 4.78 is 5.49. The lowest BCUT2D eigenvalue weighted by Gasteiger charge is -2.15. The highest BCUT2D eigenvalue weighted by Gasteiger charge is 2.13. The molecule has 1 aliphatic heterocycles. The monoisotopic (exact) mass is 202 g/mol. The lowest BCUT2D eigenvalue weighted by molar-refractivity contribution is 0.131. The molecular formula is C12H14N2O. The van der Waals surface area contributed by atoms with Gasteiger partial charge in [0.2, 0.25) is 0 Å². The molecule has 0 spiro atoms. The summed E-state index contributed by atoms with van der Waals surface area (Å²) in [5.41, 5.74) is 1.84. The van der Waals surface area contributed by atoms with Crippen molar-refractivity contribution >= 4 is 0 Å². The van der Waals surface area contributed by atoms with Crippen LogP contribution in [0, 0.1) is 11.3 Å². The van der Waals surface area contributed by atoms with Crippen LogP contribution in [0.4, 0.5) is 0 Å². The first kappa shape index (κ1) is 10.2. The zero-order valence-electron chi connectivity index (χ0n) is 8.57. The molecule has 1 fully saturated rings. The van der Waals surface area contributed by atoms with Gasteiger partial charge < -0.3 is 10.1 Å². The van der Waals surface area contributed by atoms with Crippen molar-refractivity contribution in [2.75, 3.05) is 19.8 Å². The number of hydrogen-bond acceptors (Lipinski definition) is 3. The van der Waals surface area contributed by atoms with Crippen molar-refractivity contribution < 1.29 is 4.74 Å². The van der Waals surface area contributed by atoms with Crippen molar-refractivity contribution in [2.45, 2.75) is 12.5 Å². The van der Waals surface area contributed by atoms with Crippen LogP contribution >= 0.6 is 0 Å². The molecule has 1 saturated heterocycles. The second kappa shape index (κ2) is 4.92. The quantitative estimate of drug-likeness (QED) is 0.752. The summed E-state index contributed by atoms with van der Waals surface area (Å²) in [5.74, 6) is 0. The molecule has 0 radical (unpaired) electrons. The van der Waals surface area contributed by atoms with E-state index in [0.717, 1.165) is 25.1 Å². The first-order valence-electron chi connectivity index (χ1n) is 5.21. The van der Waals surface area contributed by atoms with E-state index >= 15 is 0 Å². The predicted molar refractivity (Wildman–Crippen MR) is 57.3 cm³/mol. The van der Waals surface area contributed by atoms with Crippen LogP contribution in [0.25, 0.3) is 0 Å². The van der Waals surface area contributed by atoms with Gasteiger partial charge in [-0.1, -0.05) is 12.1 Å². The zero-order valence-corrected chi connectivity index (χ0v) is 8.57. The topological polar surface area (TPSA) is 45.0 Å². The van der Waals surface area contributed by atoms with Crippen molar-refractivity contribution in [3.63, 3.8) is 0 Å². The largest absolute Gasteiger partial charge is 0.379 e. The van der Waals surface area contributed by atoms with Gasteiger partial charge in [-0.05, 0) is 30.7 Å². The highest BCUT2D eigenvalue weighted by molar-refractivity contribution is 5.34. The summed E-state index contributed by atoms with van der Waals surface area (Å²) in [4.78, 5) is 0. The molecule has 0 amide bonds. The molecule has 1 aliphatic rings. The van der Waals surface area contributed by atoms with E-state index in [-0.39, 0.29) is 6.04 Å². The van der Waals surface area contributed by atoms with Crippen LogP contribution in [-0.4, -0.2) is 19.8 Å². The van der Waals surface area contributed by atoms with E-state index in [2.05, 4.69) is 11.4 Å². The van der Waals surface area contributed by atoms with Crippen molar-refractivity contribution in [1.82, 2.24) is 5.32 Å². The Bertz CT molecular complexity index is 362. The number of ether oxygens (including phenoxy) is 1. The van der Waals surface area contributed by atoms with E-state index in [1.807, 2.05) is 24.3 Å². The molecule has 78 valence electrons. The molecule has 0 bridgehead atoms. The molecule has 3 heteroatoms. The maximum Gasteiger partial charge on any atom is 0.0991 e. The van der Waals surface area contributed by atoms with Gasteiger partial charge in [0.05, 0.1) is 24.3 Å².